The van der Waals surface area contributed by atoms with Gasteiger partial charge in [0.15, 0.2) is 11.9 Å². The molecule has 3 aromatic heterocycles. The predicted molar refractivity (Wildman–Crippen MR) is 106 cm³/mol. The molecule has 0 saturated carbocycles. The van der Waals surface area contributed by atoms with E-state index < -0.39 is 12.1 Å². The second-order valence-electron chi connectivity index (χ2n) is 6.06. The first-order chi connectivity index (χ1) is 14.0. The number of hydrogen-bond acceptors (Lipinski definition) is 8. The SMILES string of the molecule is CCOc1ccc(-n2ncc(C(=O)O[C@H](C)C(=O)NCc3cccs3)c2C)nn1. The summed E-state index contributed by atoms with van der Waals surface area (Å²) in [6, 6.07) is 7.19. The number of esters is 1. The molecular formula is C19H21N5O4S. The lowest BCUT2D eigenvalue weighted by Crippen LogP contribution is -2.35. The van der Waals surface area contributed by atoms with Crippen LogP contribution in [0.4, 0.5) is 0 Å². The maximum atomic E-state index is 12.5. The number of hydrogen-bond donors (Lipinski definition) is 1. The first-order valence-electron chi connectivity index (χ1n) is 9.02. The summed E-state index contributed by atoms with van der Waals surface area (Å²) in [5, 5.41) is 16.9. The molecule has 152 valence electrons. The lowest BCUT2D eigenvalue weighted by molar-refractivity contribution is -0.129. The Bertz CT molecular complexity index is 969. The standard InChI is InChI=1S/C19H21N5O4S/c1-4-27-17-8-7-16(22-23-17)24-12(2)15(11-21-24)19(26)28-13(3)18(25)20-10-14-6-5-9-29-14/h5-9,11,13H,4,10H2,1-3H3,(H,20,25)/t13-/m1/s1. The van der Waals surface area contributed by atoms with Gasteiger partial charge >= 0.3 is 5.97 Å². The summed E-state index contributed by atoms with van der Waals surface area (Å²) in [4.78, 5) is 25.7. The largest absolute Gasteiger partial charge is 0.477 e. The lowest BCUT2D eigenvalue weighted by atomic mass is 10.2. The van der Waals surface area contributed by atoms with Crippen LogP contribution in [0.2, 0.25) is 0 Å². The van der Waals surface area contributed by atoms with E-state index in [1.165, 1.54) is 17.8 Å². The molecule has 0 unspecified atom stereocenters. The summed E-state index contributed by atoms with van der Waals surface area (Å²) < 4.78 is 12.0. The van der Waals surface area contributed by atoms with Gasteiger partial charge in [-0.15, -0.1) is 21.5 Å². The number of rotatable bonds is 8. The number of amides is 1. The Morgan fingerprint density at radius 1 is 1.28 bits per heavy atom. The second-order valence-corrected chi connectivity index (χ2v) is 7.10. The summed E-state index contributed by atoms with van der Waals surface area (Å²) >= 11 is 1.54. The van der Waals surface area contributed by atoms with Crippen LogP contribution in [-0.4, -0.2) is 44.6 Å². The number of carbonyl (C=O) groups excluding carboxylic acids is 2. The third-order valence-corrected chi connectivity index (χ3v) is 4.91. The first-order valence-corrected chi connectivity index (χ1v) is 9.90. The van der Waals surface area contributed by atoms with Gasteiger partial charge in [0.2, 0.25) is 5.88 Å². The Morgan fingerprint density at radius 2 is 2.10 bits per heavy atom. The number of thiophene rings is 1. The van der Waals surface area contributed by atoms with Crippen molar-refractivity contribution in [1.82, 2.24) is 25.3 Å². The lowest BCUT2D eigenvalue weighted by Gasteiger charge is -2.13. The summed E-state index contributed by atoms with van der Waals surface area (Å²) in [5.41, 5.74) is 0.776. The first kappa shape index (κ1) is 20.5. The number of aromatic nitrogens is 4. The van der Waals surface area contributed by atoms with Crippen molar-refractivity contribution in [3.05, 3.63) is 52.0 Å². The molecule has 1 amide bonds. The molecule has 0 bridgehead atoms. The van der Waals surface area contributed by atoms with Gasteiger partial charge in [0.25, 0.3) is 5.91 Å². The zero-order valence-electron chi connectivity index (χ0n) is 16.3. The van der Waals surface area contributed by atoms with Crippen molar-refractivity contribution in [1.29, 1.82) is 0 Å². The van der Waals surface area contributed by atoms with Crippen LogP contribution in [0.3, 0.4) is 0 Å². The molecule has 1 N–H and O–H groups in total. The summed E-state index contributed by atoms with van der Waals surface area (Å²) in [6.07, 6.45) is 0.446. The van der Waals surface area contributed by atoms with E-state index in [1.807, 2.05) is 24.4 Å². The maximum absolute atomic E-state index is 12.5. The minimum atomic E-state index is -0.935. The van der Waals surface area contributed by atoms with E-state index in [4.69, 9.17) is 9.47 Å². The molecule has 0 aliphatic carbocycles. The fourth-order valence-corrected chi connectivity index (χ4v) is 3.15. The molecule has 0 radical (unpaired) electrons. The van der Waals surface area contributed by atoms with Crippen molar-refractivity contribution in [2.75, 3.05) is 6.61 Å². The number of carbonyl (C=O) groups is 2. The molecule has 10 heteroatoms. The van der Waals surface area contributed by atoms with Crippen molar-refractivity contribution < 1.29 is 19.1 Å². The van der Waals surface area contributed by atoms with Crippen molar-refractivity contribution in [3.8, 4) is 11.7 Å². The highest BCUT2D eigenvalue weighted by atomic mass is 32.1. The fourth-order valence-electron chi connectivity index (χ4n) is 2.50. The van der Waals surface area contributed by atoms with Crippen LogP contribution >= 0.6 is 11.3 Å². The van der Waals surface area contributed by atoms with Crippen LogP contribution in [0.5, 0.6) is 5.88 Å². The highest BCUT2D eigenvalue weighted by Gasteiger charge is 2.22. The van der Waals surface area contributed by atoms with Gasteiger partial charge in [-0.05, 0) is 38.3 Å². The van der Waals surface area contributed by atoms with Gasteiger partial charge < -0.3 is 14.8 Å². The van der Waals surface area contributed by atoms with Crippen LogP contribution in [-0.2, 0) is 16.1 Å². The topological polar surface area (TPSA) is 108 Å². The summed E-state index contributed by atoms with van der Waals surface area (Å²) in [6.45, 7) is 5.98. The fraction of sp³-hybridized carbons (Fsp3) is 0.316. The molecule has 29 heavy (non-hydrogen) atoms. The van der Waals surface area contributed by atoms with Crippen LogP contribution < -0.4 is 10.1 Å². The van der Waals surface area contributed by atoms with Crippen LogP contribution in [0.1, 0.15) is 34.8 Å². The van der Waals surface area contributed by atoms with E-state index in [1.54, 1.807) is 30.4 Å². The molecule has 0 saturated heterocycles. The third-order valence-electron chi connectivity index (χ3n) is 4.03. The second kappa shape index (κ2) is 9.28. The molecule has 0 aliphatic rings. The number of nitrogens with one attached hydrogen (secondary N) is 1. The van der Waals surface area contributed by atoms with Gasteiger partial charge in [0, 0.05) is 10.9 Å². The number of ether oxygens (including phenoxy) is 2. The van der Waals surface area contributed by atoms with E-state index in [2.05, 4.69) is 20.6 Å². The van der Waals surface area contributed by atoms with E-state index in [-0.39, 0.29) is 11.5 Å². The van der Waals surface area contributed by atoms with Crippen molar-refractivity contribution in [3.63, 3.8) is 0 Å². The smallest absolute Gasteiger partial charge is 0.342 e. The molecule has 3 aromatic rings. The van der Waals surface area contributed by atoms with Gasteiger partial charge in [0.05, 0.1) is 25.0 Å². The molecule has 3 rings (SSSR count). The third kappa shape index (κ3) is 4.96. The Balaban J connectivity index is 1.63. The van der Waals surface area contributed by atoms with E-state index in [0.29, 0.717) is 30.5 Å². The molecule has 9 nitrogen and oxygen atoms in total. The minimum absolute atomic E-state index is 0.249. The predicted octanol–water partition coefficient (Wildman–Crippen LogP) is 2.29. The molecule has 3 heterocycles. The summed E-state index contributed by atoms with van der Waals surface area (Å²) in [5.74, 6) is -0.157. The minimum Gasteiger partial charge on any atom is -0.477 e. The van der Waals surface area contributed by atoms with Crippen molar-refractivity contribution >= 4 is 23.2 Å². The van der Waals surface area contributed by atoms with Crippen molar-refractivity contribution in [2.24, 2.45) is 0 Å². The van der Waals surface area contributed by atoms with Crippen molar-refractivity contribution in [2.45, 2.75) is 33.4 Å². The zero-order chi connectivity index (χ0) is 20.8. The Labute approximate surface area is 171 Å². The Morgan fingerprint density at radius 3 is 2.76 bits per heavy atom. The van der Waals surface area contributed by atoms with E-state index in [9.17, 15) is 9.59 Å². The van der Waals surface area contributed by atoms with E-state index in [0.717, 1.165) is 4.88 Å². The number of nitrogens with zero attached hydrogens (tertiary/aromatic N) is 4. The van der Waals surface area contributed by atoms with Gasteiger partial charge in [-0.3, -0.25) is 4.79 Å². The Kier molecular flexibility index (Phi) is 6.55. The van der Waals surface area contributed by atoms with Gasteiger partial charge in [-0.2, -0.15) is 5.10 Å². The highest BCUT2D eigenvalue weighted by molar-refractivity contribution is 7.09. The van der Waals surface area contributed by atoms with Gasteiger partial charge in [-0.1, -0.05) is 6.07 Å². The quantitative estimate of drug-likeness (QED) is 0.562. The Hall–Kier alpha value is -3.27. The van der Waals surface area contributed by atoms with Crippen LogP contribution in [0.25, 0.3) is 5.82 Å². The zero-order valence-corrected chi connectivity index (χ0v) is 17.1. The van der Waals surface area contributed by atoms with Crippen LogP contribution in [0.15, 0.2) is 35.8 Å². The highest BCUT2D eigenvalue weighted by Crippen LogP contribution is 2.15. The van der Waals surface area contributed by atoms with Crippen LogP contribution in [0, 0.1) is 6.92 Å². The van der Waals surface area contributed by atoms with Gasteiger partial charge in [-0.25, -0.2) is 9.48 Å². The summed E-state index contributed by atoms with van der Waals surface area (Å²) in [7, 11) is 0. The monoisotopic (exact) mass is 415 g/mol. The molecule has 0 fully saturated rings. The average molecular weight is 415 g/mol. The molecule has 0 aliphatic heterocycles. The van der Waals surface area contributed by atoms with E-state index >= 15 is 0 Å². The molecular weight excluding hydrogens is 394 g/mol. The molecule has 0 aromatic carbocycles. The molecule has 1 atom stereocenters. The van der Waals surface area contributed by atoms with Gasteiger partial charge in [0.1, 0.15) is 5.56 Å². The normalized spacial score (nSPS) is 11.7. The molecule has 0 spiro atoms. The average Bonchev–Trinajstić information content (AvgIpc) is 3.36. The maximum Gasteiger partial charge on any atom is 0.342 e.